The first-order valence-corrected chi connectivity index (χ1v) is 6.99. The second-order valence-corrected chi connectivity index (χ2v) is 5.02. The fraction of sp³-hybridized carbons (Fsp3) is 0.636. The summed E-state index contributed by atoms with van der Waals surface area (Å²) in [6.45, 7) is 5.59. The molecule has 0 saturated carbocycles. The lowest BCUT2D eigenvalue weighted by Crippen LogP contribution is -2.15. The van der Waals surface area contributed by atoms with Gasteiger partial charge in [-0.3, -0.25) is 0 Å². The van der Waals surface area contributed by atoms with Crippen LogP contribution in [0.3, 0.4) is 0 Å². The van der Waals surface area contributed by atoms with E-state index < -0.39 is 5.82 Å². The standard InChI is InChI=1S/C11H19FN4S/c1-4-5-13-11-15-7-9(12)10(16-11)14-6-8(2)17-3/h7-8H,4-6H2,1-3H3,(H2,13,14,15,16). The van der Waals surface area contributed by atoms with Crippen LogP contribution in [-0.2, 0) is 0 Å². The molecule has 0 radical (unpaired) electrons. The number of nitrogens with zero attached hydrogens (tertiary/aromatic N) is 2. The number of thioether (sulfide) groups is 1. The highest BCUT2D eigenvalue weighted by atomic mass is 32.2. The van der Waals surface area contributed by atoms with Crippen molar-refractivity contribution in [1.82, 2.24) is 9.97 Å². The van der Waals surface area contributed by atoms with Crippen LogP contribution in [0.1, 0.15) is 20.3 Å². The number of hydrogen-bond acceptors (Lipinski definition) is 5. The van der Waals surface area contributed by atoms with Gasteiger partial charge in [-0.05, 0) is 12.7 Å². The van der Waals surface area contributed by atoms with Crippen molar-refractivity contribution in [2.24, 2.45) is 0 Å². The highest BCUT2D eigenvalue weighted by Crippen LogP contribution is 2.13. The van der Waals surface area contributed by atoms with Crippen LogP contribution in [0.4, 0.5) is 16.2 Å². The molecule has 0 fully saturated rings. The summed E-state index contributed by atoms with van der Waals surface area (Å²) in [7, 11) is 0. The Morgan fingerprint density at radius 3 is 2.88 bits per heavy atom. The van der Waals surface area contributed by atoms with E-state index in [1.54, 1.807) is 11.8 Å². The number of aromatic nitrogens is 2. The Morgan fingerprint density at radius 1 is 1.47 bits per heavy atom. The van der Waals surface area contributed by atoms with Crippen LogP contribution in [0, 0.1) is 5.82 Å². The molecule has 0 saturated heterocycles. The van der Waals surface area contributed by atoms with Crippen LogP contribution >= 0.6 is 11.8 Å². The molecule has 1 rings (SSSR count). The molecule has 6 heteroatoms. The number of rotatable bonds is 7. The minimum absolute atomic E-state index is 0.263. The van der Waals surface area contributed by atoms with Gasteiger partial charge in [-0.2, -0.15) is 16.7 Å². The molecule has 0 spiro atoms. The molecule has 4 nitrogen and oxygen atoms in total. The molecule has 1 unspecified atom stereocenters. The molecule has 0 bridgehead atoms. The zero-order chi connectivity index (χ0) is 12.7. The molecule has 1 aromatic heterocycles. The Balaban J connectivity index is 2.62. The maximum Gasteiger partial charge on any atom is 0.224 e. The zero-order valence-corrected chi connectivity index (χ0v) is 11.3. The highest BCUT2D eigenvalue weighted by Gasteiger charge is 2.07. The number of nitrogens with one attached hydrogen (secondary N) is 2. The van der Waals surface area contributed by atoms with Gasteiger partial charge in [-0.1, -0.05) is 13.8 Å². The van der Waals surface area contributed by atoms with Gasteiger partial charge in [0.25, 0.3) is 0 Å². The van der Waals surface area contributed by atoms with Crippen LogP contribution in [0.5, 0.6) is 0 Å². The Hall–Kier alpha value is -1.04. The second kappa shape index (κ2) is 7.32. The van der Waals surface area contributed by atoms with Crippen LogP contribution in [0.25, 0.3) is 0 Å². The van der Waals surface area contributed by atoms with Crippen molar-refractivity contribution in [1.29, 1.82) is 0 Å². The van der Waals surface area contributed by atoms with Gasteiger partial charge in [0.2, 0.25) is 5.95 Å². The van der Waals surface area contributed by atoms with Crippen molar-refractivity contribution in [3.63, 3.8) is 0 Å². The van der Waals surface area contributed by atoms with Crippen molar-refractivity contribution in [2.75, 3.05) is 30.0 Å². The van der Waals surface area contributed by atoms with Crippen LogP contribution in [-0.4, -0.2) is 34.6 Å². The van der Waals surface area contributed by atoms with Crippen molar-refractivity contribution in [3.05, 3.63) is 12.0 Å². The molecular weight excluding hydrogens is 239 g/mol. The average Bonchev–Trinajstić information content (AvgIpc) is 2.35. The van der Waals surface area contributed by atoms with E-state index in [2.05, 4.69) is 34.4 Å². The topological polar surface area (TPSA) is 49.8 Å². The molecular formula is C11H19FN4S. The van der Waals surface area contributed by atoms with Gasteiger partial charge >= 0.3 is 0 Å². The molecule has 1 aromatic rings. The van der Waals surface area contributed by atoms with Crippen molar-refractivity contribution < 1.29 is 4.39 Å². The van der Waals surface area contributed by atoms with E-state index in [1.807, 2.05) is 6.26 Å². The first kappa shape index (κ1) is 14.0. The van der Waals surface area contributed by atoms with E-state index in [-0.39, 0.29) is 5.82 Å². The van der Waals surface area contributed by atoms with Crippen LogP contribution in [0.15, 0.2) is 6.20 Å². The first-order valence-electron chi connectivity index (χ1n) is 5.70. The molecule has 1 atom stereocenters. The fourth-order valence-corrected chi connectivity index (χ4v) is 1.39. The summed E-state index contributed by atoms with van der Waals surface area (Å²) in [5.74, 6) is 0.312. The van der Waals surface area contributed by atoms with Crippen molar-refractivity contribution in [3.8, 4) is 0 Å². The highest BCUT2D eigenvalue weighted by molar-refractivity contribution is 7.99. The lowest BCUT2D eigenvalue weighted by Gasteiger charge is -2.11. The summed E-state index contributed by atoms with van der Waals surface area (Å²) in [4.78, 5) is 7.98. The Labute approximate surface area is 106 Å². The summed E-state index contributed by atoms with van der Waals surface area (Å²) < 4.78 is 13.4. The summed E-state index contributed by atoms with van der Waals surface area (Å²) >= 11 is 1.72. The quantitative estimate of drug-likeness (QED) is 0.787. The van der Waals surface area contributed by atoms with Gasteiger partial charge in [0.05, 0.1) is 6.20 Å². The maximum absolute atomic E-state index is 13.4. The number of anilines is 2. The Bertz CT molecular complexity index is 348. The van der Waals surface area contributed by atoms with Gasteiger partial charge in [0, 0.05) is 18.3 Å². The fourth-order valence-electron chi connectivity index (χ4n) is 1.14. The summed E-state index contributed by atoms with van der Waals surface area (Å²) in [6, 6.07) is 0. The minimum atomic E-state index is -0.416. The monoisotopic (exact) mass is 258 g/mol. The zero-order valence-electron chi connectivity index (χ0n) is 10.5. The maximum atomic E-state index is 13.4. The SMILES string of the molecule is CCCNc1ncc(F)c(NCC(C)SC)n1. The molecule has 96 valence electrons. The van der Waals surface area contributed by atoms with E-state index in [4.69, 9.17) is 0 Å². The van der Waals surface area contributed by atoms with Gasteiger partial charge < -0.3 is 10.6 Å². The molecule has 0 aliphatic rings. The van der Waals surface area contributed by atoms with E-state index in [0.717, 1.165) is 13.0 Å². The summed E-state index contributed by atoms with van der Waals surface area (Å²) in [6.07, 6.45) is 4.20. The smallest absolute Gasteiger partial charge is 0.224 e. The molecule has 0 aliphatic carbocycles. The van der Waals surface area contributed by atoms with Gasteiger partial charge in [0.1, 0.15) is 0 Å². The molecule has 2 N–H and O–H groups in total. The van der Waals surface area contributed by atoms with Gasteiger partial charge in [-0.25, -0.2) is 9.37 Å². The molecule has 0 aliphatic heterocycles. The van der Waals surface area contributed by atoms with Crippen LogP contribution < -0.4 is 10.6 Å². The second-order valence-electron chi connectivity index (χ2n) is 3.74. The normalized spacial score (nSPS) is 12.2. The third-order valence-electron chi connectivity index (χ3n) is 2.24. The molecule has 1 heterocycles. The van der Waals surface area contributed by atoms with E-state index >= 15 is 0 Å². The largest absolute Gasteiger partial charge is 0.366 e. The Morgan fingerprint density at radius 2 is 2.24 bits per heavy atom. The van der Waals surface area contributed by atoms with E-state index in [9.17, 15) is 4.39 Å². The summed E-state index contributed by atoms with van der Waals surface area (Å²) in [5, 5.41) is 6.44. The lowest BCUT2D eigenvalue weighted by atomic mass is 10.4. The third-order valence-corrected chi connectivity index (χ3v) is 3.21. The van der Waals surface area contributed by atoms with E-state index in [0.29, 0.717) is 17.7 Å². The van der Waals surface area contributed by atoms with Crippen LogP contribution in [0.2, 0.25) is 0 Å². The predicted octanol–water partition coefficient (Wildman–Crippen LogP) is 2.60. The van der Waals surface area contributed by atoms with Gasteiger partial charge in [-0.15, -0.1) is 0 Å². The minimum Gasteiger partial charge on any atom is -0.366 e. The lowest BCUT2D eigenvalue weighted by molar-refractivity contribution is 0.617. The third kappa shape index (κ3) is 4.77. The molecule has 0 amide bonds. The van der Waals surface area contributed by atoms with E-state index in [1.165, 1.54) is 6.20 Å². The van der Waals surface area contributed by atoms with Gasteiger partial charge in [0.15, 0.2) is 11.6 Å². The van der Waals surface area contributed by atoms with Crippen molar-refractivity contribution >= 4 is 23.5 Å². The molecule has 0 aromatic carbocycles. The first-order chi connectivity index (χ1) is 8.17. The number of halogens is 1. The number of hydrogen-bond donors (Lipinski definition) is 2. The predicted molar refractivity (Wildman–Crippen MR) is 72.2 cm³/mol. The van der Waals surface area contributed by atoms with Crippen molar-refractivity contribution in [2.45, 2.75) is 25.5 Å². The average molecular weight is 258 g/mol. The summed E-state index contributed by atoms with van der Waals surface area (Å²) in [5.41, 5.74) is 0. The Kier molecular flexibility index (Phi) is 6.04. The molecule has 17 heavy (non-hydrogen) atoms.